The van der Waals surface area contributed by atoms with Crippen molar-refractivity contribution < 1.29 is 4.39 Å². The number of halogens is 2. The number of aromatic nitrogens is 3. The second kappa shape index (κ2) is 6.11. The van der Waals surface area contributed by atoms with Crippen molar-refractivity contribution in [1.29, 1.82) is 0 Å². The van der Waals surface area contributed by atoms with Gasteiger partial charge < -0.3 is 5.73 Å². The average Bonchev–Trinajstić information content (AvgIpc) is 2.62. The van der Waals surface area contributed by atoms with Crippen LogP contribution in [0.2, 0.25) is 5.02 Å². The molecule has 0 atom stereocenters. The van der Waals surface area contributed by atoms with Gasteiger partial charge in [0.05, 0.1) is 16.2 Å². The van der Waals surface area contributed by atoms with E-state index in [4.69, 9.17) is 17.3 Å². The number of rotatable bonds is 2. The monoisotopic (exact) mass is 350 g/mol. The van der Waals surface area contributed by atoms with Gasteiger partial charge in [-0.15, -0.1) is 0 Å². The van der Waals surface area contributed by atoms with Crippen molar-refractivity contribution in [2.45, 2.75) is 0 Å². The van der Waals surface area contributed by atoms with Crippen molar-refractivity contribution in [2.75, 3.05) is 5.73 Å². The molecule has 0 fully saturated rings. The number of hydrogen-bond acceptors (Lipinski definition) is 4. The van der Waals surface area contributed by atoms with Crippen LogP contribution in [0.1, 0.15) is 0 Å². The molecule has 4 rings (SSSR count). The van der Waals surface area contributed by atoms with Gasteiger partial charge in [0, 0.05) is 22.7 Å². The minimum Gasteiger partial charge on any atom is -0.383 e. The molecular formula is C19H12ClFN4. The highest BCUT2D eigenvalue weighted by Crippen LogP contribution is 2.35. The van der Waals surface area contributed by atoms with Crippen molar-refractivity contribution in [3.8, 4) is 22.4 Å². The van der Waals surface area contributed by atoms with Gasteiger partial charge in [0.25, 0.3) is 0 Å². The number of anilines is 1. The van der Waals surface area contributed by atoms with E-state index in [1.165, 1.54) is 18.5 Å². The highest BCUT2D eigenvalue weighted by Gasteiger charge is 2.13. The summed E-state index contributed by atoms with van der Waals surface area (Å²) in [6.45, 7) is 0. The van der Waals surface area contributed by atoms with E-state index >= 15 is 0 Å². The molecule has 0 bridgehead atoms. The molecule has 0 saturated carbocycles. The molecule has 0 radical (unpaired) electrons. The first-order valence-corrected chi connectivity index (χ1v) is 7.92. The predicted molar refractivity (Wildman–Crippen MR) is 97.6 cm³/mol. The maximum absolute atomic E-state index is 13.4. The molecule has 0 aliphatic heterocycles. The number of fused-ring (bicyclic) bond motifs is 1. The number of benzene rings is 2. The summed E-state index contributed by atoms with van der Waals surface area (Å²) in [7, 11) is 0. The molecule has 4 aromatic rings. The summed E-state index contributed by atoms with van der Waals surface area (Å²) in [5.41, 5.74) is 9.82. The topological polar surface area (TPSA) is 64.7 Å². The molecule has 0 spiro atoms. The molecule has 0 unspecified atom stereocenters. The van der Waals surface area contributed by atoms with E-state index in [2.05, 4.69) is 15.0 Å². The molecule has 0 saturated heterocycles. The molecule has 2 aromatic carbocycles. The van der Waals surface area contributed by atoms with Crippen LogP contribution in [0.15, 0.2) is 61.1 Å². The summed E-state index contributed by atoms with van der Waals surface area (Å²) >= 11 is 6.22. The number of hydrogen-bond donors (Lipinski definition) is 1. The van der Waals surface area contributed by atoms with Crippen LogP contribution in [0.25, 0.3) is 33.3 Å². The number of nitrogens with two attached hydrogens (primary N) is 1. The number of nitrogens with zero attached hydrogens (tertiary/aromatic N) is 3. The third-order valence-corrected chi connectivity index (χ3v) is 4.28. The van der Waals surface area contributed by atoms with Crippen LogP contribution in [0.5, 0.6) is 0 Å². The van der Waals surface area contributed by atoms with Crippen LogP contribution in [-0.2, 0) is 0 Å². The van der Waals surface area contributed by atoms with Crippen molar-refractivity contribution in [2.24, 2.45) is 0 Å². The van der Waals surface area contributed by atoms with E-state index in [-0.39, 0.29) is 5.82 Å². The Labute approximate surface area is 148 Å². The van der Waals surface area contributed by atoms with Gasteiger partial charge in [0.1, 0.15) is 18.0 Å². The lowest BCUT2D eigenvalue weighted by Gasteiger charge is -2.11. The second-order valence-electron chi connectivity index (χ2n) is 5.51. The summed E-state index contributed by atoms with van der Waals surface area (Å²) in [5, 5.41) is 1.07. The van der Waals surface area contributed by atoms with Crippen LogP contribution < -0.4 is 5.73 Å². The van der Waals surface area contributed by atoms with Crippen LogP contribution in [0.4, 0.5) is 10.2 Å². The van der Waals surface area contributed by atoms with Crippen LogP contribution in [-0.4, -0.2) is 15.0 Å². The zero-order valence-corrected chi connectivity index (χ0v) is 13.7. The van der Waals surface area contributed by atoms with E-state index in [9.17, 15) is 4.39 Å². The van der Waals surface area contributed by atoms with E-state index in [0.29, 0.717) is 22.1 Å². The van der Waals surface area contributed by atoms with Crippen molar-refractivity contribution >= 4 is 28.3 Å². The molecule has 2 heterocycles. The summed E-state index contributed by atoms with van der Waals surface area (Å²) in [6.07, 6.45) is 3.11. The van der Waals surface area contributed by atoms with E-state index in [1.807, 2.05) is 30.3 Å². The molecule has 0 amide bonds. The van der Waals surface area contributed by atoms with Gasteiger partial charge in [0.2, 0.25) is 0 Å². The molecule has 0 aliphatic carbocycles. The lowest BCUT2D eigenvalue weighted by Crippen LogP contribution is -1.94. The Kier molecular flexibility index (Phi) is 3.78. The maximum Gasteiger partial charge on any atom is 0.134 e. The molecule has 25 heavy (non-hydrogen) atoms. The van der Waals surface area contributed by atoms with Crippen LogP contribution >= 0.6 is 11.6 Å². The summed E-state index contributed by atoms with van der Waals surface area (Å²) in [6, 6.07) is 13.8. The fraction of sp³-hybridized carbons (Fsp3) is 0. The second-order valence-corrected chi connectivity index (χ2v) is 5.92. The van der Waals surface area contributed by atoms with E-state index < -0.39 is 0 Å². The first-order valence-electron chi connectivity index (χ1n) is 7.54. The number of nitrogen functional groups attached to an aromatic ring is 1. The average molecular weight is 351 g/mol. The highest BCUT2D eigenvalue weighted by atomic mass is 35.5. The normalized spacial score (nSPS) is 11.0. The Bertz CT molecular complexity index is 1100. The van der Waals surface area contributed by atoms with Gasteiger partial charge in [-0.3, -0.25) is 4.98 Å². The molecule has 122 valence electrons. The molecule has 0 aliphatic rings. The lowest BCUT2D eigenvalue weighted by atomic mass is 9.98. The van der Waals surface area contributed by atoms with Crippen molar-refractivity contribution in [3.05, 3.63) is 71.9 Å². The maximum atomic E-state index is 13.4. The van der Waals surface area contributed by atoms with Gasteiger partial charge in [-0.1, -0.05) is 23.7 Å². The Morgan fingerprint density at radius 2 is 1.80 bits per heavy atom. The first kappa shape index (κ1) is 15.5. The van der Waals surface area contributed by atoms with Crippen LogP contribution in [0.3, 0.4) is 0 Å². The largest absolute Gasteiger partial charge is 0.383 e. The smallest absolute Gasteiger partial charge is 0.134 e. The fourth-order valence-electron chi connectivity index (χ4n) is 2.78. The Morgan fingerprint density at radius 3 is 2.64 bits per heavy atom. The summed E-state index contributed by atoms with van der Waals surface area (Å²) in [5.74, 6) is 0.0268. The Hall–Kier alpha value is -3.05. The third-order valence-electron chi connectivity index (χ3n) is 3.97. The zero-order chi connectivity index (χ0) is 17.4. The van der Waals surface area contributed by atoms with E-state index in [1.54, 1.807) is 12.3 Å². The summed E-state index contributed by atoms with van der Waals surface area (Å²) in [4.78, 5) is 12.7. The minimum absolute atomic E-state index is 0.309. The van der Waals surface area contributed by atoms with Gasteiger partial charge in [0.15, 0.2) is 0 Å². The van der Waals surface area contributed by atoms with Gasteiger partial charge in [-0.25, -0.2) is 14.4 Å². The molecular weight excluding hydrogens is 339 g/mol. The van der Waals surface area contributed by atoms with Gasteiger partial charge in [-0.05, 0) is 42.0 Å². The molecule has 4 nitrogen and oxygen atoms in total. The highest BCUT2D eigenvalue weighted by molar-refractivity contribution is 6.33. The van der Waals surface area contributed by atoms with Gasteiger partial charge in [-0.2, -0.15) is 0 Å². The zero-order valence-electron chi connectivity index (χ0n) is 12.9. The van der Waals surface area contributed by atoms with Crippen molar-refractivity contribution in [3.63, 3.8) is 0 Å². The molecule has 6 heteroatoms. The third kappa shape index (κ3) is 2.79. The Morgan fingerprint density at radius 1 is 0.920 bits per heavy atom. The summed E-state index contributed by atoms with van der Waals surface area (Å²) < 4.78 is 13.4. The Balaban J connectivity index is 1.94. The van der Waals surface area contributed by atoms with E-state index in [0.717, 1.165) is 22.0 Å². The van der Waals surface area contributed by atoms with Crippen molar-refractivity contribution in [1.82, 2.24) is 15.0 Å². The number of pyridine rings is 1. The molecule has 2 N–H and O–H groups in total. The van der Waals surface area contributed by atoms with Crippen LogP contribution in [0, 0.1) is 5.82 Å². The van der Waals surface area contributed by atoms with Gasteiger partial charge >= 0.3 is 0 Å². The standard InChI is InChI=1S/C19H12ClFN4/c20-16-9-12(21)4-5-14(16)18-13(2-1-7-23-18)11-3-6-17-15(8-11)19(22)25-10-24-17/h1-10H,(H2,22,24,25). The fourth-order valence-corrected chi connectivity index (χ4v) is 3.04. The lowest BCUT2D eigenvalue weighted by molar-refractivity contribution is 0.628. The SMILES string of the molecule is Nc1ncnc2ccc(-c3cccnc3-c3ccc(F)cc3Cl)cc12. The predicted octanol–water partition coefficient (Wildman–Crippen LogP) is 4.73. The molecule has 2 aromatic heterocycles. The quantitative estimate of drug-likeness (QED) is 0.567. The minimum atomic E-state index is -0.387. The first-order chi connectivity index (χ1) is 12.1.